The van der Waals surface area contributed by atoms with E-state index in [1.165, 1.54) is 0 Å². The van der Waals surface area contributed by atoms with Crippen LogP contribution in [0.1, 0.15) is 27.7 Å². The van der Waals surface area contributed by atoms with Gasteiger partial charge in [0.05, 0.1) is 30.8 Å². The number of ether oxygens (including phenoxy) is 2. The molecule has 2 atom stereocenters. The molecule has 1 unspecified atom stereocenters. The average Bonchev–Trinajstić information content (AvgIpc) is 2.60. The predicted molar refractivity (Wildman–Crippen MR) is 103 cm³/mol. The molecule has 3 heterocycles. The Morgan fingerprint density at radius 1 is 1.41 bits per heavy atom. The van der Waals surface area contributed by atoms with Crippen LogP contribution in [-0.4, -0.2) is 63.4 Å². The van der Waals surface area contributed by atoms with Crippen molar-refractivity contribution in [3.8, 4) is 0 Å². The van der Waals surface area contributed by atoms with Crippen LogP contribution in [0.2, 0.25) is 5.15 Å². The van der Waals surface area contributed by atoms with E-state index in [2.05, 4.69) is 20.3 Å². The van der Waals surface area contributed by atoms with Gasteiger partial charge >= 0.3 is 6.09 Å². The fraction of sp³-hybridized carbons (Fsp3) is 0.556. The standard InChI is InChI=1S/C18H24ClN5O3/c1-11(13-10-24(7-8-26-13)17(25)27-18(2,3)4)22-16-15-12(9-14(19)23-16)20-5-6-21-15/h5-6,9,11,13H,7-8,10H2,1-4H3,(H,22,23)/t11?,13-/m1/s1. The van der Waals surface area contributed by atoms with Gasteiger partial charge in [-0.2, -0.15) is 0 Å². The van der Waals surface area contributed by atoms with Crippen LogP contribution in [0.5, 0.6) is 0 Å². The molecule has 0 spiro atoms. The SMILES string of the molecule is CC(Nc1nc(Cl)cc2nccnc12)[C@H]1CN(C(=O)OC(C)(C)C)CCO1. The van der Waals surface area contributed by atoms with Crippen molar-refractivity contribution in [1.29, 1.82) is 0 Å². The summed E-state index contributed by atoms with van der Waals surface area (Å²) in [6, 6.07) is 1.53. The lowest BCUT2D eigenvalue weighted by molar-refractivity contribution is -0.0462. The fourth-order valence-corrected chi connectivity index (χ4v) is 3.01. The Balaban J connectivity index is 1.71. The number of aromatic nitrogens is 3. The molecule has 0 bridgehead atoms. The molecule has 8 nitrogen and oxygen atoms in total. The number of anilines is 1. The van der Waals surface area contributed by atoms with Crippen LogP contribution in [-0.2, 0) is 9.47 Å². The fourth-order valence-electron chi connectivity index (χ4n) is 2.82. The minimum atomic E-state index is -0.531. The largest absolute Gasteiger partial charge is 0.444 e. The summed E-state index contributed by atoms with van der Waals surface area (Å²) in [5, 5.41) is 3.63. The number of morpholine rings is 1. The zero-order valence-corrected chi connectivity index (χ0v) is 16.7. The Bertz CT molecular complexity index is 826. The van der Waals surface area contributed by atoms with Crippen molar-refractivity contribution in [2.24, 2.45) is 0 Å². The van der Waals surface area contributed by atoms with E-state index in [1.807, 2.05) is 27.7 Å². The van der Waals surface area contributed by atoms with Gasteiger partial charge in [-0.3, -0.25) is 4.98 Å². The molecule has 27 heavy (non-hydrogen) atoms. The second kappa shape index (κ2) is 7.82. The summed E-state index contributed by atoms with van der Waals surface area (Å²) in [5.74, 6) is 0.538. The third-order valence-electron chi connectivity index (χ3n) is 4.09. The van der Waals surface area contributed by atoms with E-state index < -0.39 is 5.60 Å². The molecule has 1 amide bonds. The monoisotopic (exact) mass is 393 g/mol. The second-order valence-electron chi connectivity index (χ2n) is 7.49. The third-order valence-corrected chi connectivity index (χ3v) is 4.29. The van der Waals surface area contributed by atoms with Crippen LogP contribution in [0, 0.1) is 0 Å². The van der Waals surface area contributed by atoms with Crippen LogP contribution in [0.3, 0.4) is 0 Å². The summed E-state index contributed by atoms with van der Waals surface area (Å²) in [6.45, 7) is 8.89. The summed E-state index contributed by atoms with van der Waals surface area (Å²) < 4.78 is 11.3. The predicted octanol–water partition coefficient (Wildman–Crippen LogP) is 3.11. The highest BCUT2D eigenvalue weighted by Gasteiger charge is 2.31. The van der Waals surface area contributed by atoms with Crippen molar-refractivity contribution in [3.63, 3.8) is 0 Å². The molecule has 1 aliphatic heterocycles. The molecule has 1 N–H and O–H groups in total. The molecule has 1 saturated heterocycles. The number of carbonyl (C=O) groups is 1. The van der Waals surface area contributed by atoms with E-state index in [4.69, 9.17) is 21.1 Å². The Morgan fingerprint density at radius 2 is 2.15 bits per heavy atom. The van der Waals surface area contributed by atoms with Crippen LogP contribution in [0.15, 0.2) is 18.5 Å². The Kier molecular flexibility index (Phi) is 5.67. The van der Waals surface area contributed by atoms with Crippen molar-refractivity contribution in [2.75, 3.05) is 25.0 Å². The molecule has 146 valence electrons. The number of halogens is 1. The molecule has 0 aliphatic carbocycles. The lowest BCUT2D eigenvalue weighted by Crippen LogP contribution is -2.52. The highest BCUT2D eigenvalue weighted by atomic mass is 35.5. The van der Waals surface area contributed by atoms with E-state index in [0.29, 0.717) is 41.7 Å². The van der Waals surface area contributed by atoms with Gasteiger partial charge in [-0.15, -0.1) is 0 Å². The van der Waals surface area contributed by atoms with E-state index in [1.54, 1.807) is 23.4 Å². The first kappa shape index (κ1) is 19.6. The van der Waals surface area contributed by atoms with Crippen LogP contribution < -0.4 is 5.32 Å². The van der Waals surface area contributed by atoms with Crippen LogP contribution in [0.4, 0.5) is 10.6 Å². The van der Waals surface area contributed by atoms with Gasteiger partial charge in [0.2, 0.25) is 0 Å². The molecule has 3 rings (SSSR count). The molecule has 0 aromatic carbocycles. The minimum Gasteiger partial charge on any atom is -0.444 e. The van der Waals surface area contributed by atoms with Crippen molar-refractivity contribution < 1.29 is 14.3 Å². The maximum absolute atomic E-state index is 12.3. The first-order chi connectivity index (χ1) is 12.7. The van der Waals surface area contributed by atoms with Gasteiger partial charge in [0.1, 0.15) is 16.3 Å². The number of nitrogens with one attached hydrogen (secondary N) is 1. The van der Waals surface area contributed by atoms with Crippen LogP contribution in [0.25, 0.3) is 11.0 Å². The summed E-state index contributed by atoms with van der Waals surface area (Å²) in [4.78, 5) is 26.9. The molecule has 1 fully saturated rings. The third kappa shape index (κ3) is 4.95. The molecular weight excluding hydrogens is 370 g/mol. The van der Waals surface area contributed by atoms with Gasteiger partial charge in [-0.25, -0.2) is 14.8 Å². The van der Waals surface area contributed by atoms with E-state index in [9.17, 15) is 4.79 Å². The minimum absolute atomic E-state index is 0.133. The van der Waals surface area contributed by atoms with Gasteiger partial charge in [0.15, 0.2) is 5.82 Å². The quantitative estimate of drug-likeness (QED) is 0.801. The molecular formula is C18H24ClN5O3. The Morgan fingerprint density at radius 3 is 2.89 bits per heavy atom. The van der Waals surface area contributed by atoms with Gasteiger partial charge in [0, 0.05) is 25.0 Å². The normalized spacial score (nSPS) is 19.0. The van der Waals surface area contributed by atoms with Gasteiger partial charge in [-0.05, 0) is 27.7 Å². The van der Waals surface area contributed by atoms with Crippen molar-refractivity contribution >= 4 is 34.5 Å². The van der Waals surface area contributed by atoms with Crippen molar-refractivity contribution in [3.05, 3.63) is 23.6 Å². The first-order valence-corrected chi connectivity index (χ1v) is 9.24. The number of nitrogens with zero attached hydrogens (tertiary/aromatic N) is 4. The highest BCUT2D eigenvalue weighted by molar-refractivity contribution is 6.30. The molecule has 2 aromatic rings. The highest BCUT2D eigenvalue weighted by Crippen LogP contribution is 2.23. The van der Waals surface area contributed by atoms with E-state index >= 15 is 0 Å². The van der Waals surface area contributed by atoms with E-state index in [-0.39, 0.29) is 18.2 Å². The van der Waals surface area contributed by atoms with Gasteiger partial charge < -0.3 is 19.7 Å². The first-order valence-electron chi connectivity index (χ1n) is 8.86. The number of pyridine rings is 1. The lowest BCUT2D eigenvalue weighted by Gasteiger charge is -2.36. The molecule has 0 saturated carbocycles. The summed E-state index contributed by atoms with van der Waals surface area (Å²) in [7, 11) is 0. The smallest absolute Gasteiger partial charge is 0.410 e. The summed E-state index contributed by atoms with van der Waals surface area (Å²) >= 11 is 6.10. The number of hydrogen-bond acceptors (Lipinski definition) is 7. The summed E-state index contributed by atoms with van der Waals surface area (Å²) in [6.07, 6.45) is 2.66. The topological polar surface area (TPSA) is 89.5 Å². The lowest BCUT2D eigenvalue weighted by atomic mass is 10.1. The summed E-state index contributed by atoms with van der Waals surface area (Å²) in [5.41, 5.74) is 0.762. The number of rotatable bonds is 3. The second-order valence-corrected chi connectivity index (χ2v) is 7.87. The number of fused-ring (bicyclic) bond motifs is 1. The van der Waals surface area contributed by atoms with Crippen LogP contribution >= 0.6 is 11.6 Å². The van der Waals surface area contributed by atoms with Crippen molar-refractivity contribution in [2.45, 2.75) is 45.4 Å². The zero-order valence-electron chi connectivity index (χ0n) is 15.9. The maximum Gasteiger partial charge on any atom is 0.410 e. The van der Waals surface area contributed by atoms with E-state index in [0.717, 1.165) is 0 Å². The molecule has 9 heteroatoms. The molecule has 1 aliphatic rings. The maximum atomic E-state index is 12.3. The molecule has 0 radical (unpaired) electrons. The number of amides is 1. The number of hydrogen-bond donors (Lipinski definition) is 1. The van der Waals surface area contributed by atoms with Gasteiger partial charge in [0.25, 0.3) is 0 Å². The Hall–Kier alpha value is -2.19. The number of carbonyl (C=O) groups excluding carboxylic acids is 1. The Labute approximate surface area is 163 Å². The molecule has 2 aromatic heterocycles. The zero-order chi connectivity index (χ0) is 19.6. The van der Waals surface area contributed by atoms with Gasteiger partial charge in [-0.1, -0.05) is 11.6 Å². The van der Waals surface area contributed by atoms with Crippen molar-refractivity contribution in [1.82, 2.24) is 19.9 Å². The average molecular weight is 394 g/mol.